The van der Waals surface area contributed by atoms with Crippen molar-refractivity contribution in [3.05, 3.63) is 45.1 Å². The van der Waals surface area contributed by atoms with Gasteiger partial charge in [0.15, 0.2) is 5.82 Å². The first-order valence-corrected chi connectivity index (χ1v) is 11.7. The zero-order chi connectivity index (χ0) is 23.9. The van der Waals surface area contributed by atoms with Gasteiger partial charge in [-0.05, 0) is 43.1 Å². The molecule has 6 nitrogen and oxygen atoms in total. The van der Waals surface area contributed by atoms with Gasteiger partial charge in [0, 0.05) is 30.7 Å². The molecule has 0 radical (unpaired) electrons. The molecular weight excluding hydrogens is 445 g/mol. The maximum Gasteiger partial charge on any atom is 0.341 e. The van der Waals surface area contributed by atoms with Crippen LogP contribution in [0, 0.1) is 16.6 Å². The molecule has 2 atom stereocenters. The van der Waals surface area contributed by atoms with Crippen LogP contribution >= 0.6 is 11.6 Å². The van der Waals surface area contributed by atoms with Crippen molar-refractivity contribution in [2.24, 2.45) is 10.8 Å². The maximum atomic E-state index is 15.6. The minimum atomic E-state index is -1.31. The van der Waals surface area contributed by atoms with E-state index in [-0.39, 0.29) is 38.4 Å². The minimum absolute atomic E-state index is 0.00601. The summed E-state index contributed by atoms with van der Waals surface area (Å²) in [6.07, 6.45) is 5.79. The summed E-state index contributed by atoms with van der Waals surface area (Å²) in [5, 5.41) is 10.0. The zero-order valence-corrected chi connectivity index (χ0v) is 20.0. The van der Waals surface area contributed by atoms with Gasteiger partial charge in [0.2, 0.25) is 5.43 Å². The van der Waals surface area contributed by atoms with E-state index in [4.69, 9.17) is 11.6 Å². The Morgan fingerprint density at radius 3 is 2.73 bits per heavy atom. The Morgan fingerprint density at radius 1 is 1.33 bits per heavy atom. The standard InChI is InChI=1S/C25H27ClFN3O3/c1-5-29-10-15(23(32)33)22(31)18-14-6-16(19(26)20(27)21(14)28-9-17(18)29)30-12-25(4)8-13(30)7-24(2,3)11-25/h6,9-10,13H,5,7-8,11-12H2,1-4H3,(H,32,33). The first-order valence-electron chi connectivity index (χ1n) is 11.3. The van der Waals surface area contributed by atoms with Crippen LogP contribution in [0.2, 0.25) is 5.02 Å². The molecule has 5 rings (SSSR count). The van der Waals surface area contributed by atoms with Crippen LogP contribution in [0.3, 0.4) is 0 Å². The molecule has 3 aromatic rings. The number of benzene rings is 1. The Labute approximate surface area is 196 Å². The van der Waals surface area contributed by atoms with Gasteiger partial charge in [0.05, 0.1) is 22.8 Å². The second kappa shape index (κ2) is 7.16. The second-order valence-corrected chi connectivity index (χ2v) is 11.1. The van der Waals surface area contributed by atoms with E-state index in [0.717, 1.165) is 25.8 Å². The van der Waals surface area contributed by atoms with Crippen molar-refractivity contribution in [1.29, 1.82) is 0 Å². The van der Waals surface area contributed by atoms with Gasteiger partial charge < -0.3 is 14.6 Å². The lowest BCUT2D eigenvalue weighted by atomic mass is 9.65. The molecule has 1 N–H and O–H groups in total. The van der Waals surface area contributed by atoms with Gasteiger partial charge in [-0.25, -0.2) is 9.18 Å². The van der Waals surface area contributed by atoms with E-state index in [1.165, 1.54) is 12.4 Å². The highest BCUT2D eigenvalue weighted by Gasteiger charge is 2.50. The predicted octanol–water partition coefficient (Wildman–Crippen LogP) is 5.47. The molecule has 2 fully saturated rings. The van der Waals surface area contributed by atoms with Crippen LogP contribution < -0.4 is 10.3 Å². The first-order chi connectivity index (χ1) is 15.4. The Hall–Kier alpha value is -2.67. The molecule has 0 amide bonds. The van der Waals surface area contributed by atoms with E-state index in [9.17, 15) is 14.7 Å². The largest absolute Gasteiger partial charge is 0.477 e. The van der Waals surface area contributed by atoms with Gasteiger partial charge in [-0.3, -0.25) is 9.78 Å². The summed E-state index contributed by atoms with van der Waals surface area (Å²) in [5.41, 5.74) is 0.284. The molecule has 1 aliphatic carbocycles. The third-order valence-corrected chi connectivity index (χ3v) is 7.72. The number of carbonyl (C=O) groups is 1. The monoisotopic (exact) mass is 471 g/mol. The highest BCUT2D eigenvalue weighted by Crippen LogP contribution is 2.54. The van der Waals surface area contributed by atoms with Crippen molar-refractivity contribution in [3.63, 3.8) is 0 Å². The van der Waals surface area contributed by atoms with Crippen LogP contribution in [0.15, 0.2) is 23.3 Å². The molecule has 3 heterocycles. The molecule has 2 bridgehead atoms. The number of pyridine rings is 2. The van der Waals surface area contributed by atoms with Gasteiger partial charge in [0.1, 0.15) is 16.1 Å². The number of hydrogen-bond acceptors (Lipinski definition) is 4. The molecule has 1 saturated carbocycles. The molecular formula is C25H27ClFN3O3. The van der Waals surface area contributed by atoms with Gasteiger partial charge in [-0.15, -0.1) is 0 Å². The molecule has 33 heavy (non-hydrogen) atoms. The fraction of sp³-hybridized carbons (Fsp3) is 0.480. The molecule has 2 aliphatic rings. The highest BCUT2D eigenvalue weighted by molar-refractivity contribution is 6.34. The minimum Gasteiger partial charge on any atom is -0.477 e. The smallest absolute Gasteiger partial charge is 0.341 e. The number of fused-ring (bicyclic) bond motifs is 5. The van der Waals surface area contributed by atoms with Crippen molar-refractivity contribution in [3.8, 4) is 0 Å². The number of anilines is 1. The summed E-state index contributed by atoms with van der Waals surface area (Å²) in [6.45, 7) is 9.84. The van der Waals surface area contributed by atoms with E-state index in [1.54, 1.807) is 10.6 Å². The molecule has 2 aromatic heterocycles. The van der Waals surface area contributed by atoms with Crippen LogP contribution in [-0.4, -0.2) is 33.2 Å². The Kier molecular flexibility index (Phi) is 4.80. The lowest BCUT2D eigenvalue weighted by Gasteiger charge is -2.39. The quantitative estimate of drug-likeness (QED) is 0.513. The molecule has 8 heteroatoms. The number of aromatic carboxylic acids is 1. The molecule has 2 unspecified atom stereocenters. The van der Waals surface area contributed by atoms with Crippen LogP contribution in [0.25, 0.3) is 21.8 Å². The van der Waals surface area contributed by atoms with Gasteiger partial charge in [0.25, 0.3) is 0 Å². The molecule has 1 aliphatic heterocycles. The van der Waals surface area contributed by atoms with E-state index in [0.29, 0.717) is 23.1 Å². The highest BCUT2D eigenvalue weighted by atomic mass is 35.5. The Balaban J connectivity index is 1.82. The van der Waals surface area contributed by atoms with Gasteiger partial charge in [-0.1, -0.05) is 32.4 Å². The summed E-state index contributed by atoms with van der Waals surface area (Å²) in [5.74, 6) is -1.99. The topological polar surface area (TPSA) is 75.4 Å². The number of rotatable bonds is 3. The van der Waals surface area contributed by atoms with Crippen LogP contribution in [-0.2, 0) is 6.54 Å². The molecule has 1 saturated heterocycles. The van der Waals surface area contributed by atoms with Crippen molar-refractivity contribution in [1.82, 2.24) is 9.55 Å². The van der Waals surface area contributed by atoms with Crippen molar-refractivity contribution >= 4 is 45.1 Å². The zero-order valence-electron chi connectivity index (χ0n) is 19.2. The van der Waals surface area contributed by atoms with E-state index in [1.807, 2.05) is 6.92 Å². The third kappa shape index (κ3) is 3.31. The van der Waals surface area contributed by atoms with Crippen LogP contribution in [0.1, 0.15) is 57.3 Å². The Morgan fingerprint density at radius 2 is 2.06 bits per heavy atom. The number of nitrogens with zero attached hydrogens (tertiary/aromatic N) is 3. The first kappa shape index (κ1) is 22.1. The van der Waals surface area contributed by atoms with E-state index < -0.39 is 17.2 Å². The lowest BCUT2D eigenvalue weighted by Crippen LogP contribution is -2.34. The normalized spacial score (nSPS) is 24.1. The number of halogens is 2. The summed E-state index contributed by atoms with van der Waals surface area (Å²) in [7, 11) is 0. The van der Waals surface area contributed by atoms with Crippen molar-refractivity contribution in [2.45, 2.75) is 59.5 Å². The molecule has 174 valence electrons. The maximum absolute atomic E-state index is 15.6. The van der Waals surface area contributed by atoms with Crippen LogP contribution in [0.5, 0.6) is 0 Å². The molecule has 0 spiro atoms. The van der Waals surface area contributed by atoms with Crippen LogP contribution in [0.4, 0.5) is 10.1 Å². The number of carboxylic acids is 1. The summed E-state index contributed by atoms with van der Waals surface area (Å²) in [4.78, 5) is 31.4. The van der Waals surface area contributed by atoms with Crippen molar-refractivity contribution in [2.75, 3.05) is 11.4 Å². The fourth-order valence-electron chi connectivity index (χ4n) is 6.49. The average Bonchev–Trinajstić information content (AvgIpc) is 2.98. The summed E-state index contributed by atoms with van der Waals surface area (Å²) < 4.78 is 17.2. The second-order valence-electron chi connectivity index (χ2n) is 10.7. The average molecular weight is 472 g/mol. The molecule has 1 aromatic carbocycles. The third-order valence-electron chi connectivity index (χ3n) is 7.36. The van der Waals surface area contributed by atoms with Gasteiger partial charge >= 0.3 is 5.97 Å². The SMILES string of the molecule is CCn1cc(C(=O)O)c(=O)c2c3cc(N4CC5(C)CC4CC(C)(C)C5)c(Cl)c(F)c3ncc21. The number of hydrogen-bond donors (Lipinski definition) is 1. The lowest BCUT2D eigenvalue weighted by molar-refractivity contribution is 0.0695. The fourth-order valence-corrected chi connectivity index (χ4v) is 6.74. The summed E-state index contributed by atoms with van der Waals surface area (Å²) >= 11 is 6.56. The Bertz CT molecular complexity index is 1400. The number of aromatic nitrogens is 2. The van der Waals surface area contributed by atoms with Gasteiger partial charge in [-0.2, -0.15) is 0 Å². The summed E-state index contributed by atoms with van der Waals surface area (Å²) in [6, 6.07) is 1.96. The van der Waals surface area contributed by atoms with E-state index in [2.05, 4.69) is 30.7 Å². The predicted molar refractivity (Wildman–Crippen MR) is 128 cm³/mol. The number of aryl methyl sites for hydroxylation is 1. The van der Waals surface area contributed by atoms with Crippen molar-refractivity contribution < 1.29 is 14.3 Å². The van der Waals surface area contributed by atoms with E-state index >= 15 is 4.39 Å². The number of carboxylic acid groups (broad SMARTS) is 1.